The lowest BCUT2D eigenvalue weighted by atomic mass is 9.95. The molecular weight excluding hydrogens is 1490 g/mol. The minimum atomic E-state index is -3.65. The number of benzene rings is 8. The highest BCUT2D eigenvalue weighted by atomic mass is 35.5. The molecular formula is C81H102Cl2N8O13S4. The summed E-state index contributed by atoms with van der Waals surface area (Å²) in [5.74, 6) is 0.318. The monoisotopic (exact) mass is 1590 g/mol. The van der Waals surface area contributed by atoms with Gasteiger partial charge in [-0.15, -0.1) is 0 Å². The van der Waals surface area contributed by atoms with E-state index < -0.39 is 40.1 Å². The molecule has 27 heteroatoms. The number of ether oxygens (including phenoxy) is 3. The summed E-state index contributed by atoms with van der Waals surface area (Å²) in [5.41, 5.74) is 11.4. The topological polar surface area (TPSA) is 259 Å². The van der Waals surface area contributed by atoms with Gasteiger partial charge in [0.2, 0.25) is 0 Å². The first-order chi connectivity index (χ1) is 51.7. The Kier molecular flexibility index (Phi) is 31.8. The van der Waals surface area contributed by atoms with E-state index in [0.717, 1.165) is 94.5 Å². The lowest BCUT2D eigenvalue weighted by molar-refractivity contribution is -0.191. The normalized spacial score (nSPS) is 17.9. The second kappa shape index (κ2) is 39.9. The van der Waals surface area contributed by atoms with E-state index in [9.17, 15) is 33.7 Å². The molecule has 12 rings (SSSR count). The zero-order chi connectivity index (χ0) is 78.5. The first-order valence-corrected chi connectivity index (χ1v) is 42.8. The highest BCUT2D eigenvalue weighted by molar-refractivity contribution is 7.93. The van der Waals surface area contributed by atoms with Crippen LogP contribution in [0.25, 0.3) is 0 Å². The van der Waals surface area contributed by atoms with Crippen LogP contribution in [-0.2, 0) is 63.9 Å². The van der Waals surface area contributed by atoms with Crippen LogP contribution in [0.4, 0.5) is 22.7 Å². The van der Waals surface area contributed by atoms with E-state index in [1.54, 1.807) is 97.0 Å². The third-order valence-corrected chi connectivity index (χ3v) is 27.1. The Morgan fingerprint density at radius 1 is 0.407 bits per heavy atom. The largest absolute Gasteiger partial charge is 0.385 e. The first-order valence-electron chi connectivity index (χ1n) is 36.3. The summed E-state index contributed by atoms with van der Waals surface area (Å²) < 4.78 is 126. The van der Waals surface area contributed by atoms with Gasteiger partial charge in [0.1, 0.15) is 0 Å². The molecule has 108 heavy (non-hydrogen) atoms. The van der Waals surface area contributed by atoms with Gasteiger partial charge in [-0.05, 0) is 182 Å². The third kappa shape index (κ3) is 20.3. The summed E-state index contributed by atoms with van der Waals surface area (Å²) in [6.07, 6.45) is 9.30. The van der Waals surface area contributed by atoms with Crippen molar-refractivity contribution in [2.75, 3.05) is 112 Å². The molecule has 0 saturated heterocycles. The van der Waals surface area contributed by atoms with Crippen molar-refractivity contribution in [1.82, 2.24) is 21.3 Å². The number of aryl methyl sites for hydroxylation is 2. The van der Waals surface area contributed by atoms with Gasteiger partial charge in [0.15, 0.2) is 0 Å². The highest BCUT2D eigenvalue weighted by Gasteiger charge is 2.39. The van der Waals surface area contributed by atoms with Crippen molar-refractivity contribution in [3.63, 3.8) is 0 Å². The number of anilines is 4. The fraction of sp³-hybridized carbons (Fsp3) is 0.395. The van der Waals surface area contributed by atoms with E-state index in [-0.39, 0.29) is 30.3 Å². The summed E-state index contributed by atoms with van der Waals surface area (Å²) in [6.45, 7) is 15.9. The van der Waals surface area contributed by atoms with E-state index in [0.29, 0.717) is 91.3 Å². The summed E-state index contributed by atoms with van der Waals surface area (Å²) in [5, 5.41) is 15.2. The van der Waals surface area contributed by atoms with Gasteiger partial charge in [-0.2, -0.15) is 9.59 Å². The van der Waals surface area contributed by atoms with Crippen LogP contribution in [0.3, 0.4) is 0 Å². The molecule has 0 spiro atoms. The molecule has 8 aromatic rings. The number of carbonyl (C=O) groups excluding carboxylic acids is 2. The third-order valence-electron chi connectivity index (χ3n) is 19.3. The molecule has 0 bridgehead atoms. The molecule has 8 aromatic carbocycles. The van der Waals surface area contributed by atoms with Gasteiger partial charge in [0.25, 0.3) is 40.1 Å². The number of nitrogens with one attached hydrogen (secondary N) is 4. The van der Waals surface area contributed by atoms with Crippen molar-refractivity contribution in [3.8, 4) is 0 Å². The Bertz CT molecular complexity index is 4860. The molecule has 0 saturated carbocycles. The molecule has 4 N–H and O–H groups in total. The van der Waals surface area contributed by atoms with Crippen LogP contribution in [0.15, 0.2) is 189 Å². The molecule has 0 aliphatic carbocycles. The predicted octanol–water partition coefficient (Wildman–Crippen LogP) is 14.5. The molecule has 4 heterocycles. The Morgan fingerprint density at radius 2 is 0.750 bits per heavy atom. The van der Waals surface area contributed by atoms with Crippen LogP contribution in [0.2, 0.25) is 10.0 Å². The number of fused-ring (bicyclic) bond motifs is 8. The predicted molar refractivity (Wildman–Crippen MR) is 430 cm³/mol. The number of methoxy groups -OCH3 is 2. The lowest BCUT2D eigenvalue weighted by Crippen LogP contribution is -2.29. The number of nitrogens with zero attached hydrogens (tertiary/aromatic N) is 4. The smallest absolute Gasteiger partial charge is 0.373 e. The van der Waals surface area contributed by atoms with Crippen molar-refractivity contribution >= 4 is 92.2 Å². The Balaban J connectivity index is 0.000000179. The minimum absolute atomic E-state index is 0.178. The maximum Gasteiger partial charge on any atom is 0.373 e. The van der Waals surface area contributed by atoms with Gasteiger partial charge in [-0.25, -0.2) is 33.7 Å². The van der Waals surface area contributed by atoms with Crippen LogP contribution >= 0.6 is 23.2 Å². The van der Waals surface area contributed by atoms with E-state index in [1.165, 1.54) is 49.3 Å². The Labute approximate surface area is 649 Å². The molecule has 0 fully saturated rings. The number of rotatable bonds is 24. The molecule has 5 unspecified atom stereocenters. The maximum atomic E-state index is 13.2. The number of para-hydroxylation sites is 2. The number of hydrogen-bond donors (Lipinski definition) is 4. The van der Waals surface area contributed by atoms with Gasteiger partial charge < -0.3 is 35.5 Å². The number of hydrogen-bond acceptors (Lipinski definition) is 17. The summed E-state index contributed by atoms with van der Waals surface area (Å²) in [6, 6.07) is 51.2. The quantitative estimate of drug-likeness (QED) is 0.0410. The Morgan fingerprint density at radius 3 is 1.18 bits per heavy atom. The zero-order valence-corrected chi connectivity index (χ0v) is 68.1. The van der Waals surface area contributed by atoms with Gasteiger partial charge in [0.05, 0.1) is 66.5 Å². The van der Waals surface area contributed by atoms with Crippen molar-refractivity contribution in [3.05, 3.63) is 236 Å². The van der Waals surface area contributed by atoms with E-state index in [2.05, 4.69) is 35.1 Å². The van der Waals surface area contributed by atoms with Gasteiger partial charge >= 0.3 is 6.15 Å². The molecule has 4 aliphatic heterocycles. The minimum Gasteiger partial charge on any atom is -0.385 e. The van der Waals surface area contributed by atoms with Gasteiger partial charge in [-0.3, -0.25) is 17.2 Å². The molecule has 21 nitrogen and oxygen atoms in total. The molecule has 5 atom stereocenters. The Hall–Kier alpha value is -7.56. The fourth-order valence-corrected chi connectivity index (χ4v) is 20.0. The second-order valence-electron chi connectivity index (χ2n) is 26.9. The molecule has 582 valence electrons. The molecule has 0 aromatic heterocycles. The molecule has 0 radical (unpaired) electrons. The van der Waals surface area contributed by atoms with Gasteiger partial charge in [0, 0.05) is 85.4 Å². The average Bonchev–Trinajstić information content (AvgIpc) is 1.62. The van der Waals surface area contributed by atoms with Crippen LogP contribution in [0.5, 0.6) is 0 Å². The highest BCUT2D eigenvalue weighted by Crippen LogP contribution is 2.45. The van der Waals surface area contributed by atoms with Crippen molar-refractivity contribution < 1.29 is 57.5 Å². The van der Waals surface area contributed by atoms with E-state index in [1.807, 2.05) is 136 Å². The average molecular weight is 1590 g/mol. The van der Waals surface area contributed by atoms with E-state index >= 15 is 0 Å². The molecule has 4 aliphatic rings. The standard InChI is InChI=1S/C22H29ClN2O2S.2C20H26N2O3S.C18H21ClN2O3S.CO2/c1-3-4-5-6-7-10-15-24-22-18-14-13-17(23)16-20(18)25(2)28(26,27)21-12-9-8-11-19(21)22;1-14-9-10-17-19(11-14)26(23,24)22(3)18-8-6-5-7-16(18)20(17)21-12-15(2)13-25-4;1-4-25-13-7-12-21-20-16-8-5-6-9-18(16)22(3)26(23,24)19-14-15(2)10-11-17(19)20;1-21-16-12-13(19)8-9-14(16)18(20-10-5-11-24-2)15-6-3-4-7-17(15)25(21,22)23;2-1-3/h8-9,11-14,16,22,24H,3-7,10,15H2,1-2H3;5-11,15,20-21H,12-13H2,1-4H3;5-6,8-11,14,20-21H,4,7,12-13H2,1-3H3;3-4,6-9,12,18,20H,5,10-11H2,1-2H3;. The maximum absolute atomic E-state index is 13.2. The number of halogens is 2. The SMILES string of the molecule is CCCCCCCCNC1c2ccc(Cl)cc2N(C)S(=O)(=O)c2ccccc21.CCOCCCNC1c2ccccc2N(C)S(=O)(=O)c2cc(C)ccc21.COCC(C)CNC1c2ccccc2N(C)S(=O)(=O)c2cc(C)ccc21.COCCCNC1c2ccc(Cl)cc2N(C)S(=O)(=O)c2ccccc21.O=C=O. The fourth-order valence-electron chi connectivity index (χ4n) is 13.7. The van der Waals surface area contributed by atoms with Crippen LogP contribution in [-0.4, -0.2) is 135 Å². The summed E-state index contributed by atoms with van der Waals surface area (Å²) in [7, 11) is -4.72. The second-order valence-corrected chi connectivity index (χ2v) is 35.5. The van der Waals surface area contributed by atoms with Gasteiger partial charge in [-0.1, -0.05) is 178 Å². The zero-order valence-electron chi connectivity index (χ0n) is 63.4. The molecule has 0 amide bonds. The summed E-state index contributed by atoms with van der Waals surface area (Å²) >= 11 is 12.3. The number of unbranched alkanes of at least 4 members (excludes halogenated alkanes) is 5. The lowest BCUT2D eigenvalue weighted by Gasteiger charge is -2.23. The van der Waals surface area contributed by atoms with Crippen LogP contribution in [0.1, 0.15) is 152 Å². The van der Waals surface area contributed by atoms with Crippen molar-refractivity contribution in [1.29, 1.82) is 0 Å². The van der Waals surface area contributed by atoms with Crippen molar-refractivity contribution in [2.45, 2.75) is 130 Å². The first kappa shape index (κ1) is 86.0. The van der Waals surface area contributed by atoms with Crippen LogP contribution in [0, 0.1) is 19.8 Å². The summed E-state index contributed by atoms with van der Waals surface area (Å²) in [4.78, 5) is 17.7. The van der Waals surface area contributed by atoms with Crippen molar-refractivity contribution in [2.24, 2.45) is 5.92 Å². The number of sulfonamides is 4. The van der Waals surface area contributed by atoms with E-state index in [4.69, 9.17) is 47.0 Å². The van der Waals surface area contributed by atoms with Crippen LogP contribution < -0.4 is 38.5 Å².